The van der Waals surface area contributed by atoms with Gasteiger partial charge in [0.15, 0.2) is 6.04 Å². The lowest BCUT2D eigenvalue weighted by molar-refractivity contribution is -0.736. The third-order valence-electron chi connectivity index (χ3n) is 13.6. The van der Waals surface area contributed by atoms with E-state index in [-0.39, 0.29) is 56.0 Å². The Morgan fingerprint density at radius 3 is 2.64 bits per heavy atom. The number of fused-ring (bicyclic) bond motifs is 5. The molecule has 0 aliphatic carbocycles. The fourth-order valence-electron chi connectivity index (χ4n) is 10.0. The standard InChI is InChI=1S/C48H67N9O8S/c1-11-55-38-17-16-31-20-34(38)35(43(55)33-14-12-18-49-41(33)30(5)63-9)22-48(6,7)27-65-46(60)36-15-13-19-56(52-36)45(59)32(21-40-51-37(31)26-66-40)23-50-44(58)42(28(2)3)53(8)57(62)39-25-54(24-29(39)4)47(61)64-10/h12,14,16-18,20,28-30,32,36-37,39,42,52H,11,13,15,19,21-27H2,1-10H3/p+1/t29-,30-,32+,36-,37?,39+,42-/m0/s1. The van der Waals surface area contributed by atoms with Gasteiger partial charge in [0.25, 0.3) is 6.04 Å². The van der Waals surface area contributed by atoms with Crippen LogP contribution in [0.2, 0.25) is 0 Å². The number of hydrogen-bond donors (Lipinski definition) is 2. The highest BCUT2D eigenvalue weighted by molar-refractivity contribution is 8.14. The Morgan fingerprint density at radius 1 is 1.15 bits per heavy atom. The first-order chi connectivity index (χ1) is 31.5. The number of rotatable bonds is 11. The molecule has 2 N–H and O–H groups in total. The number of methoxy groups -OCH3 is 2. The normalized spacial score (nSPS) is 24.4. The van der Waals surface area contributed by atoms with Crippen molar-refractivity contribution in [3.63, 3.8) is 0 Å². The molecule has 3 amide bonds. The van der Waals surface area contributed by atoms with Crippen molar-refractivity contribution < 1.29 is 38.3 Å². The average Bonchev–Trinajstić information content (AvgIpc) is 4.03. The van der Waals surface area contributed by atoms with Gasteiger partial charge in [-0.05, 0) is 74.4 Å². The fourth-order valence-corrected chi connectivity index (χ4v) is 11.2. The van der Waals surface area contributed by atoms with Gasteiger partial charge in [-0.1, -0.05) is 40.7 Å². The lowest BCUT2D eigenvalue weighted by atomic mass is 9.84. The molecule has 3 aromatic rings. The number of amides is 3. The fraction of sp³-hybridized carbons (Fsp3) is 0.625. The van der Waals surface area contributed by atoms with E-state index in [9.17, 15) is 24.1 Å². The Kier molecular flexibility index (Phi) is 15.1. The molecule has 0 spiro atoms. The summed E-state index contributed by atoms with van der Waals surface area (Å²) >= 11 is 1.61. The minimum Gasteiger partial charge on any atom is -0.464 e. The predicted octanol–water partition coefficient (Wildman–Crippen LogP) is 6.10. The van der Waals surface area contributed by atoms with Gasteiger partial charge in [0.05, 0.1) is 66.7 Å². The number of aromatic nitrogens is 2. The van der Waals surface area contributed by atoms with Crippen LogP contribution >= 0.6 is 11.8 Å². The summed E-state index contributed by atoms with van der Waals surface area (Å²) in [5.74, 6) is -1.57. The number of nitroso groups, excluding NO2 is 1. The molecule has 2 fully saturated rings. The number of aliphatic imine (C=N–C) groups is 1. The van der Waals surface area contributed by atoms with Gasteiger partial charge in [0.2, 0.25) is 11.8 Å². The van der Waals surface area contributed by atoms with E-state index < -0.39 is 47.4 Å². The summed E-state index contributed by atoms with van der Waals surface area (Å²) in [4.78, 5) is 81.1. The van der Waals surface area contributed by atoms with Gasteiger partial charge in [0.1, 0.15) is 10.9 Å². The van der Waals surface area contributed by atoms with Gasteiger partial charge in [0, 0.05) is 79.5 Å². The molecular formula is C48H68N9O8S+. The van der Waals surface area contributed by atoms with E-state index in [4.69, 9.17) is 24.2 Å². The number of thioether (sulfide) groups is 1. The molecule has 2 saturated heterocycles. The van der Waals surface area contributed by atoms with Crippen LogP contribution in [0, 0.1) is 28.1 Å². The molecule has 4 aliphatic rings. The smallest absolute Gasteiger partial charge is 0.409 e. The lowest BCUT2D eigenvalue weighted by Crippen LogP contribution is -2.58. The Morgan fingerprint density at radius 2 is 1.92 bits per heavy atom. The third kappa shape index (κ3) is 10.1. The van der Waals surface area contributed by atoms with Crippen LogP contribution in [0.3, 0.4) is 0 Å². The van der Waals surface area contributed by atoms with Crippen LogP contribution in [-0.4, -0.2) is 136 Å². The first kappa shape index (κ1) is 48.9. The minimum atomic E-state index is -0.869. The first-order valence-electron chi connectivity index (χ1n) is 23.3. The monoisotopic (exact) mass is 930 g/mol. The molecule has 2 aromatic heterocycles. The molecule has 4 aliphatic heterocycles. The quantitative estimate of drug-likeness (QED) is 0.129. The highest BCUT2D eigenvalue weighted by Gasteiger charge is 2.48. The maximum absolute atomic E-state index is 14.6. The van der Waals surface area contributed by atoms with Crippen LogP contribution in [0.25, 0.3) is 22.2 Å². The summed E-state index contributed by atoms with van der Waals surface area (Å²) in [5, 5.41) is 7.84. The number of likely N-dealkylation sites (N-methyl/N-ethyl adjacent to an activating group) is 1. The van der Waals surface area contributed by atoms with Crippen LogP contribution in [-0.2, 0) is 41.6 Å². The van der Waals surface area contributed by atoms with Crippen molar-refractivity contribution in [1.29, 1.82) is 0 Å². The summed E-state index contributed by atoms with van der Waals surface area (Å²) in [6.45, 7) is 15.8. The zero-order valence-corrected chi connectivity index (χ0v) is 41.0. The number of ether oxygens (including phenoxy) is 3. The lowest BCUT2D eigenvalue weighted by Gasteiger charge is -2.35. The molecule has 7 atom stereocenters. The summed E-state index contributed by atoms with van der Waals surface area (Å²) < 4.78 is 19.2. The summed E-state index contributed by atoms with van der Waals surface area (Å²) in [5.41, 5.74) is 8.89. The van der Waals surface area contributed by atoms with Crippen molar-refractivity contribution in [3.05, 3.63) is 58.3 Å². The molecule has 17 nitrogen and oxygen atoms in total. The molecule has 0 saturated carbocycles. The van der Waals surface area contributed by atoms with Crippen LogP contribution < -0.4 is 10.7 Å². The van der Waals surface area contributed by atoms with Crippen molar-refractivity contribution in [2.45, 2.75) is 111 Å². The molecule has 0 radical (unpaired) electrons. The number of cyclic esters (lactones) is 1. The van der Waals surface area contributed by atoms with Crippen LogP contribution in [0.5, 0.6) is 0 Å². The minimum absolute atomic E-state index is 0.0179. The second-order valence-electron chi connectivity index (χ2n) is 19.4. The van der Waals surface area contributed by atoms with E-state index in [0.717, 1.165) is 48.9 Å². The Hall–Kier alpha value is -5.07. The predicted molar refractivity (Wildman–Crippen MR) is 253 cm³/mol. The van der Waals surface area contributed by atoms with Crippen LogP contribution in [0.1, 0.15) is 96.7 Å². The molecule has 6 bridgehead atoms. The number of carbonyl (C=O) groups is 4. The molecular weight excluding hydrogens is 863 g/mol. The topological polar surface area (TPSA) is 180 Å². The van der Waals surface area contributed by atoms with Crippen molar-refractivity contribution in [3.8, 4) is 11.3 Å². The number of benzene rings is 1. The van der Waals surface area contributed by atoms with Crippen molar-refractivity contribution in [1.82, 2.24) is 35.2 Å². The van der Waals surface area contributed by atoms with Gasteiger partial charge in [-0.3, -0.25) is 29.4 Å². The molecule has 66 heavy (non-hydrogen) atoms. The van der Waals surface area contributed by atoms with E-state index in [2.05, 4.69) is 60.3 Å². The van der Waals surface area contributed by atoms with Gasteiger partial charge in [-0.2, -0.15) is 0 Å². The maximum Gasteiger partial charge on any atom is 0.409 e. The number of esters is 1. The summed E-state index contributed by atoms with van der Waals surface area (Å²) in [6, 6.07) is 8.30. The molecule has 18 heteroatoms. The zero-order valence-electron chi connectivity index (χ0n) is 40.2. The SMILES string of the molecule is CCn1c(-c2cccnc2[C@H](C)OC)c2c3cc(ccc31)C1CSC(=N1)C[C@H](CNC(=O)[C@H](C(C)C)N(C)[N+](=O)[C@@H]1CN(C(=O)OC)C[C@@H]1C)C(=O)N1CCC[C@H](N1)C(=O)OCC(C)(C)C2. The number of aryl methyl sites for hydroxylation is 1. The molecule has 358 valence electrons. The summed E-state index contributed by atoms with van der Waals surface area (Å²) in [7, 11) is 4.59. The van der Waals surface area contributed by atoms with Gasteiger partial charge >= 0.3 is 12.1 Å². The van der Waals surface area contributed by atoms with Crippen molar-refractivity contribution in [2.24, 2.45) is 28.2 Å². The van der Waals surface area contributed by atoms with Crippen LogP contribution in [0.4, 0.5) is 4.79 Å². The van der Waals surface area contributed by atoms with Crippen LogP contribution in [0.15, 0.2) is 41.5 Å². The van der Waals surface area contributed by atoms with E-state index in [1.807, 2.05) is 33.8 Å². The molecule has 1 aromatic carbocycles. The first-order valence-corrected chi connectivity index (χ1v) is 24.3. The van der Waals surface area contributed by atoms with Crippen molar-refractivity contribution in [2.75, 3.05) is 59.8 Å². The second kappa shape index (κ2) is 20.4. The highest BCUT2D eigenvalue weighted by atomic mass is 32.2. The summed E-state index contributed by atoms with van der Waals surface area (Å²) in [6.07, 6.45) is 3.01. The number of carbonyl (C=O) groups excluding carboxylic acids is 4. The van der Waals surface area contributed by atoms with Gasteiger partial charge in [-0.25, -0.2) is 10.2 Å². The van der Waals surface area contributed by atoms with Crippen molar-refractivity contribution >= 4 is 51.6 Å². The van der Waals surface area contributed by atoms with E-state index >= 15 is 0 Å². The van der Waals surface area contributed by atoms with E-state index in [0.29, 0.717) is 44.6 Å². The largest absolute Gasteiger partial charge is 0.464 e. The number of hydrazine groups is 2. The van der Waals surface area contributed by atoms with E-state index in [1.165, 1.54) is 22.0 Å². The Bertz CT molecular complexity index is 2350. The third-order valence-corrected chi connectivity index (χ3v) is 14.7. The number of likely N-dealkylation sites (tertiary alicyclic amines) is 1. The highest BCUT2D eigenvalue weighted by Crippen LogP contribution is 2.43. The average molecular weight is 931 g/mol. The maximum atomic E-state index is 14.6. The second-order valence-corrected chi connectivity index (χ2v) is 20.5. The number of nitrogens with zero attached hydrogens (tertiary/aromatic N) is 7. The Balaban J connectivity index is 1.21. The molecule has 1 unspecified atom stereocenters. The van der Waals surface area contributed by atoms with Gasteiger partial charge in [-0.15, -0.1) is 16.8 Å². The molecule has 6 heterocycles. The zero-order chi connectivity index (χ0) is 47.6. The van der Waals surface area contributed by atoms with E-state index in [1.54, 1.807) is 32.1 Å². The molecule has 7 rings (SSSR count). The Labute approximate surface area is 392 Å². The number of pyridine rings is 1. The number of nitrogens with one attached hydrogen (secondary N) is 2. The van der Waals surface area contributed by atoms with Gasteiger partial charge < -0.3 is 29.0 Å². The number of hydrogen-bond acceptors (Lipinski definition) is 12.